The lowest BCUT2D eigenvalue weighted by Gasteiger charge is -2.46. The molecule has 0 aliphatic carbocycles. The second kappa shape index (κ2) is 3.67. The van der Waals surface area contributed by atoms with Gasteiger partial charge in [0.05, 0.1) is 6.10 Å². The van der Waals surface area contributed by atoms with E-state index in [9.17, 15) is 4.79 Å². The van der Waals surface area contributed by atoms with Crippen LogP contribution in [0.2, 0.25) is 0 Å². The highest BCUT2D eigenvalue weighted by molar-refractivity contribution is 5.69. The zero-order valence-electron chi connectivity index (χ0n) is 9.66. The highest BCUT2D eigenvalue weighted by atomic mass is 16.6. The fourth-order valence-corrected chi connectivity index (χ4v) is 1.85. The third-order valence-corrected chi connectivity index (χ3v) is 2.82. The molecule has 15 heavy (non-hydrogen) atoms. The molecular formula is C11H19NO3. The molecule has 0 N–H and O–H groups in total. The zero-order chi connectivity index (χ0) is 11.1. The molecule has 1 unspecified atom stereocenters. The summed E-state index contributed by atoms with van der Waals surface area (Å²) < 4.78 is 10.7. The highest BCUT2D eigenvalue weighted by Gasteiger charge is 2.40. The summed E-state index contributed by atoms with van der Waals surface area (Å²) in [6.07, 6.45) is 1.34. The van der Waals surface area contributed by atoms with Gasteiger partial charge in [0.2, 0.25) is 0 Å². The van der Waals surface area contributed by atoms with Crippen LogP contribution in [0.4, 0.5) is 4.79 Å². The topological polar surface area (TPSA) is 38.8 Å². The highest BCUT2D eigenvalue weighted by Crippen LogP contribution is 2.29. The molecule has 0 aromatic carbocycles. The van der Waals surface area contributed by atoms with E-state index in [4.69, 9.17) is 9.47 Å². The van der Waals surface area contributed by atoms with E-state index in [0.29, 0.717) is 12.0 Å². The lowest BCUT2D eigenvalue weighted by atomic mass is 9.90. The molecule has 1 amide bonds. The molecule has 4 heteroatoms. The Morgan fingerprint density at radius 3 is 2.40 bits per heavy atom. The second-order valence-electron chi connectivity index (χ2n) is 5.34. The third-order valence-electron chi connectivity index (χ3n) is 2.82. The lowest BCUT2D eigenvalue weighted by molar-refractivity contribution is -0.121. The van der Waals surface area contributed by atoms with Crippen molar-refractivity contribution in [2.45, 2.75) is 38.9 Å². The van der Waals surface area contributed by atoms with Gasteiger partial charge in [-0.25, -0.2) is 4.79 Å². The van der Waals surface area contributed by atoms with Crippen LogP contribution < -0.4 is 0 Å². The van der Waals surface area contributed by atoms with Crippen molar-refractivity contribution in [1.82, 2.24) is 4.90 Å². The second-order valence-corrected chi connectivity index (χ2v) is 5.34. The molecule has 2 saturated heterocycles. The van der Waals surface area contributed by atoms with Crippen molar-refractivity contribution >= 4 is 6.09 Å². The largest absolute Gasteiger partial charge is 0.444 e. The van der Waals surface area contributed by atoms with Gasteiger partial charge in [-0.15, -0.1) is 0 Å². The van der Waals surface area contributed by atoms with Gasteiger partial charge in [-0.3, -0.25) is 0 Å². The normalized spacial score (nSPS) is 26.9. The van der Waals surface area contributed by atoms with Crippen LogP contribution in [-0.2, 0) is 9.47 Å². The predicted octanol–water partition coefficient (Wildman–Crippen LogP) is 1.64. The summed E-state index contributed by atoms with van der Waals surface area (Å²) in [7, 11) is 0. The van der Waals surface area contributed by atoms with Gasteiger partial charge in [0, 0.05) is 25.6 Å². The van der Waals surface area contributed by atoms with Gasteiger partial charge in [-0.2, -0.15) is 0 Å². The first-order valence-electron chi connectivity index (χ1n) is 5.55. The van der Waals surface area contributed by atoms with E-state index < -0.39 is 5.60 Å². The summed E-state index contributed by atoms with van der Waals surface area (Å²) in [5, 5.41) is 0. The van der Waals surface area contributed by atoms with E-state index in [1.54, 1.807) is 4.90 Å². The Morgan fingerprint density at radius 1 is 1.40 bits per heavy atom. The first-order chi connectivity index (χ1) is 6.96. The van der Waals surface area contributed by atoms with Crippen molar-refractivity contribution in [2.24, 2.45) is 5.92 Å². The Balaban J connectivity index is 1.71. The molecule has 0 spiro atoms. The van der Waals surface area contributed by atoms with Crippen LogP contribution in [-0.4, -0.2) is 42.4 Å². The van der Waals surface area contributed by atoms with Gasteiger partial charge in [-0.05, 0) is 27.2 Å². The molecule has 2 aliphatic rings. The maximum Gasteiger partial charge on any atom is 0.410 e. The van der Waals surface area contributed by atoms with E-state index in [-0.39, 0.29) is 6.09 Å². The van der Waals surface area contributed by atoms with Gasteiger partial charge >= 0.3 is 6.09 Å². The minimum Gasteiger partial charge on any atom is -0.444 e. The number of nitrogens with zero attached hydrogens (tertiary/aromatic N) is 1. The number of ether oxygens (including phenoxy) is 2. The number of rotatable bonds is 1. The summed E-state index contributed by atoms with van der Waals surface area (Å²) in [6.45, 7) is 8.12. The smallest absolute Gasteiger partial charge is 0.410 e. The average molecular weight is 213 g/mol. The number of amides is 1. The van der Waals surface area contributed by atoms with Gasteiger partial charge in [0.15, 0.2) is 0 Å². The molecule has 0 aromatic heterocycles. The van der Waals surface area contributed by atoms with Crippen LogP contribution in [0.15, 0.2) is 0 Å². The first-order valence-corrected chi connectivity index (χ1v) is 5.55. The Kier molecular flexibility index (Phi) is 2.63. The molecule has 0 saturated carbocycles. The van der Waals surface area contributed by atoms with Crippen LogP contribution in [0.1, 0.15) is 27.2 Å². The summed E-state index contributed by atoms with van der Waals surface area (Å²) in [5.74, 6) is 0.534. The maximum atomic E-state index is 11.6. The fraction of sp³-hybridized carbons (Fsp3) is 0.909. The fourth-order valence-electron chi connectivity index (χ4n) is 1.85. The number of carbonyl (C=O) groups is 1. The van der Waals surface area contributed by atoms with Crippen molar-refractivity contribution < 1.29 is 14.3 Å². The van der Waals surface area contributed by atoms with Crippen LogP contribution >= 0.6 is 0 Å². The number of hydrogen-bond donors (Lipinski definition) is 0. The van der Waals surface area contributed by atoms with Crippen molar-refractivity contribution in [3.05, 3.63) is 0 Å². The van der Waals surface area contributed by atoms with Crippen LogP contribution in [0.25, 0.3) is 0 Å². The summed E-state index contributed by atoms with van der Waals surface area (Å²) in [4.78, 5) is 13.3. The lowest BCUT2D eigenvalue weighted by Crippen LogP contribution is -2.57. The molecule has 2 fully saturated rings. The standard InChI is InChI=1S/C11H19NO3/c1-11(2,3)15-10(13)12-6-8(7-12)9-4-5-14-9/h8-9H,4-7H2,1-3H3. The summed E-state index contributed by atoms with van der Waals surface area (Å²) >= 11 is 0. The molecule has 0 aromatic rings. The minimum atomic E-state index is -0.394. The molecule has 86 valence electrons. The Bertz CT molecular complexity index is 249. The van der Waals surface area contributed by atoms with Gasteiger partial charge in [-0.1, -0.05) is 0 Å². The number of hydrogen-bond acceptors (Lipinski definition) is 3. The first kappa shape index (κ1) is 10.7. The number of carbonyl (C=O) groups excluding carboxylic acids is 1. The third kappa shape index (κ3) is 2.43. The van der Waals surface area contributed by atoms with Gasteiger partial charge < -0.3 is 14.4 Å². The average Bonchev–Trinajstić information content (AvgIpc) is 1.86. The van der Waals surface area contributed by atoms with Crippen LogP contribution in [0.5, 0.6) is 0 Å². The molecule has 0 radical (unpaired) electrons. The zero-order valence-corrected chi connectivity index (χ0v) is 9.66. The Labute approximate surface area is 90.5 Å². The molecule has 2 rings (SSSR count). The maximum absolute atomic E-state index is 11.6. The monoisotopic (exact) mass is 213 g/mol. The molecule has 2 heterocycles. The molecule has 1 atom stereocenters. The van der Waals surface area contributed by atoms with Crippen molar-refractivity contribution in [2.75, 3.05) is 19.7 Å². The molecule has 4 nitrogen and oxygen atoms in total. The Hall–Kier alpha value is -0.770. The molecule has 0 bridgehead atoms. The summed E-state index contributed by atoms with van der Waals surface area (Å²) in [6, 6.07) is 0. The SMILES string of the molecule is CC(C)(C)OC(=O)N1CC(C2CCO2)C1. The summed E-state index contributed by atoms with van der Waals surface area (Å²) in [5.41, 5.74) is -0.394. The molecular weight excluding hydrogens is 194 g/mol. The minimum absolute atomic E-state index is 0.196. The van der Waals surface area contributed by atoms with Crippen molar-refractivity contribution in [1.29, 1.82) is 0 Å². The van der Waals surface area contributed by atoms with E-state index in [1.807, 2.05) is 20.8 Å². The molecule has 2 aliphatic heterocycles. The van der Waals surface area contributed by atoms with Crippen molar-refractivity contribution in [3.63, 3.8) is 0 Å². The van der Waals surface area contributed by atoms with Gasteiger partial charge in [0.25, 0.3) is 0 Å². The quantitative estimate of drug-likeness (QED) is 0.664. The van der Waals surface area contributed by atoms with Crippen LogP contribution in [0.3, 0.4) is 0 Å². The predicted molar refractivity (Wildman–Crippen MR) is 55.7 cm³/mol. The van der Waals surface area contributed by atoms with Crippen LogP contribution in [0, 0.1) is 5.92 Å². The van der Waals surface area contributed by atoms with Crippen molar-refractivity contribution in [3.8, 4) is 0 Å². The van der Waals surface area contributed by atoms with E-state index in [2.05, 4.69) is 0 Å². The van der Waals surface area contributed by atoms with E-state index in [0.717, 1.165) is 26.1 Å². The van der Waals surface area contributed by atoms with E-state index in [1.165, 1.54) is 0 Å². The Morgan fingerprint density at radius 2 is 2.00 bits per heavy atom. The van der Waals surface area contributed by atoms with Gasteiger partial charge in [0.1, 0.15) is 5.60 Å². The number of likely N-dealkylation sites (tertiary alicyclic amines) is 1. The van der Waals surface area contributed by atoms with E-state index >= 15 is 0 Å².